The number of methoxy groups -OCH3 is 1. The zero-order chi connectivity index (χ0) is 24.0. The number of aliphatic imine (C=N–C) groups is 1. The number of likely N-dealkylation sites (N-methyl/N-ethyl adjacent to an activating group) is 2. The van der Waals surface area contributed by atoms with Gasteiger partial charge in [0.1, 0.15) is 30.4 Å². The van der Waals surface area contributed by atoms with Crippen LogP contribution in [0, 0.1) is 0 Å². The van der Waals surface area contributed by atoms with Crippen molar-refractivity contribution in [3.05, 3.63) is 24.3 Å². The van der Waals surface area contributed by atoms with Gasteiger partial charge in [0.15, 0.2) is 12.0 Å². The molecule has 0 aliphatic carbocycles. The Morgan fingerprint density at radius 1 is 1.18 bits per heavy atom. The van der Waals surface area contributed by atoms with E-state index in [0.717, 1.165) is 19.6 Å². The second-order valence-electron chi connectivity index (χ2n) is 7.96. The fourth-order valence-electron chi connectivity index (χ4n) is 3.90. The van der Waals surface area contributed by atoms with Crippen LogP contribution in [0.1, 0.15) is 13.8 Å². The van der Waals surface area contributed by atoms with E-state index in [1.165, 1.54) is 4.90 Å². The van der Waals surface area contributed by atoms with Crippen molar-refractivity contribution in [2.75, 3.05) is 53.5 Å². The number of nitrogens with zero attached hydrogens (tertiary/aromatic N) is 4. The Hall–Kier alpha value is -3.05. The minimum absolute atomic E-state index is 0.0311. The van der Waals surface area contributed by atoms with Crippen molar-refractivity contribution in [3.63, 3.8) is 0 Å². The molecular weight excluding hydrogens is 428 g/mol. The molecule has 2 fully saturated rings. The van der Waals surface area contributed by atoms with Crippen molar-refractivity contribution in [1.29, 1.82) is 0 Å². The summed E-state index contributed by atoms with van der Waals surface area (Å²) in [5.41, 5.74) is 0. The number of hydrogen-bond acceptors (Lipinski definition) is 7. The van der Waals surface area contributed by atoms with Gasteiger partial charge in [-0.25, -0.2) is 4.79 Å². The first-order valence-corrected chi connectivity index (χ1v) is 11.2. The molecule has 0 bridgehead atoms. The fourth-order valence-corrected chi connectivity index (χ4v) is 3.90. The zero-order valence-corrected chi connectivity index (χ0v) is 19.7. The Kier molecular flexibility index (Phi) is 8.34. The molecule has 2 saturated heterocycles. The van der Waals surface area contributed by atoms with Crippen LogP contribution in [0.15, 0.2) is 29.3 Å². The summed E-state index contributed by atoms with van der Waals surface area (Å²) in [5.74, 6) is 1.37. The largest absolute Gasteiger partial charge is 0.497 e. The molecule has 3 amide bonds. The first-order chi connectivity index (χ1) is 15.9. The number of aliphatic hydroxyl groups is 1. The predicted octanol–water partition coefficient (Wildman–Crippen LogP) is -0.0858. The van der Waals surface area contributed by atoms with E-state index in [1.54, 1.807) is 43.3 Å². The van der Waals surface area contributed by atoms with Crippen LogP contribution in [0.2, 0.25) is 0 Å². The summed E-state index contributed by atoms with van der Waals surface area (Å²) < 4.78 is 10.8. The van der Waals surface area contributed by atoms with Gasteiger partial charge in [0.2, 0.25) is 0 Å². The molecule has 1 aromatic carbocycles. The number of amides is 3. The Morgan fingerprint density at radius 3 is 2.48 bits per heavy atom. The fraction of sp³-hybridized carbons (Fsp3) is 0.591. The van der Waals surface area contributed by atoms with Crippen molar-refractivity contribution in [2.45, 2.75) is 32.2 Å². The lowest BCUT2D eigenvalue weighted by atomic mass is 10.1. The van der Waals surface area contributed by atoms with Gasteiger partial charge in [0, 0.05) is 13.6 Å². The average Bonchev–Trinajstić information content (AvgIpc) is 3.18. The van der Waals surface area contributed by atoms with Crippen molar-refractivity contribution in [3.8, 4) is 11.5 Å². The zero-order valence-electron chi connectivity index (χ0n) is 19.7. The highest BCUT2D eigenvalue weighted by Crippen LogP contribution is 2.21. The van der Waals surface area contributed by atoms with Crippen molar-refractivity contribution < 1.29 is 24.2 Å². The first kappa shape index (κ1) is 24.6. The highest BCUT2D eigenvalue weighted by molar-refractivity contribution is 6.04. The monoisotopic (exact) mass is 462 g/mol. The standard InChI is InChI=1S/C22H34N6O5/c1-5-27(6-2)12-11-23-21-24-19-18(20(30)25-22(31)26(19)3)28(21)13-15(29)14-33-17-9-7-16(32-4)8-10-17/h7-10,15,18-19,29H,5-6,11-14H2,1-4H3,(H,23,24)(H,25,30,31). The second kappa shape index (κ2) is 11.2. The van der Waals surface area contributed by atoms with E-state index >= 15 is 0 Å². The number of rotatable bonds is 11. The Bertz CT molecular complexity index is 844. The Labute approximate surface area is 194 Å². The molecule has 11 nitrogen and oxygen atoms in total. The normalized spacial score (nSPS) is 22.3. The van der Waals surface area contributed by atoms with Crippen molar-refractivity contribution >= 4 is 17.9 Å². The third kappa shape index (κ3) is 5.85. The molecule has 182 valence electrons. The third-order valence-electron chi connectivity index (χ3n) is 5.90. The Morgan fingerprint density at radius 2 is 1.85 bits per heavy atom. The molecule has 0 saturated carbocycles. The molecule has 1 aromatic rings. The molecule has 3 atom stereocenters. The lowest BCUT2D eigenvalue weighted by Gasteiger charge is -2.35. The van der Waals surface area contributed by atoms with E-state index in [2.05, 4.69) is 34.4 Å². The van der Waals surface area contributed by atoms with Crippen LogP contribution in [0.5, 0.6) is 11.5 Å². The van der Waals surface area contributed by atoms with Crippen LogP contribution in [0.4, 0.5) is 4.79 Å². The quantitative estimate of drug-likeness (QED) is 0.418. The van der Waals surface area contributed by atoms with E-state index in [0.29, 0.717) is 24.0 Å². The smallest absolute Gasteiger partial charge is 0.325 e. The number of β-amino-alcohol motifs (C(OH)–C–C–N with tert-alkyl or cyclic N) is 1. The van der Waals surface area contributed by atoms with Gasteiger partial charge in [-0.2, -0.15) is 0 Å². The summed E-state index contributed by atoms with van der Waals surface area (Å²) in [4.78, 5) is 34.8. The minimum Gasteiger partial charge on any atom is -0.497 e. The van der Waals surface area contributed by atoms with E-state index in [-0.39, 0.29) is 13.2 Å². The van der Waals surface area contributed by atoms with Gasteiger partial charge in [0.05, 0.1) is 20.2 Å². The number of ether oxygens (including phenoxy) is 2. The number of carbonyl (C=O) groups excluding carboxylic acids is 2. The summed E-state index contributed by atoms with van der Waals surface area (Å²) in [6, 6.07) is 5.90. The first-order valence-electron chi connectivity index (χ1n) is 11.2. The summed E-state index contributed by atoms with van der Waals surface area (Å²) in [6.07, 6.45) is -1.45. The molecule has 0 radical (unpaired) electrons. The van der Waals surface area contributed by atoms with Crippen LogP contribution in [-0.4, -0.2) is 110 Å². The summed E-state index contributed by atoms with van der Waals surface area (Å²) >= 11 is 0. The molecule has 11 heteroatoms. The van der Waals surface area contributed by atoms with Crippen LogP contribution >= 0.6 is 0 Å². The number of fused-ring (bicyclic) bond motifs is 1. The Balaban J connectivity index is 1.69. The summed E-state index contributed by atoms with van der Waals surface area (Å²) in [7, 11) is 3.21. The number of hydrogen-bond donors (Lipinski definition) is 3. The van der Waals surface area contributed by atoms with E-state index in [4.69, 9.17) is 9.47 Å². The second-order valence-corrected chi connectivity index (χ2v) is 7.96. The predicted molar refractivity (Wildman–Crippen MR) is 123 cm³/mol. The highest BCUT2D eigenvalue weighted by Gasteiger charge is 2.50. The van der Waals surface area contributed by atoms with Gasteiger partial charge in [-0.3, -0.25) is 15.1 Å². The van der Waals surface area contributed by atoms with Crippen LogP contribution in [-0.2, 0) is 4.79 Å². The lowest BCUT2D eigenvalue weighted by molar-refractivity contribution is -0.127. The molecule has 2 aliphatic rings. The number of nitrogens with one attached hydrogen (secondary N) is 2. The van der Waals surface area contributed by atoms with Gasteiger partial charge in [-0.15, -0.1) is 0 Å². The number of urea groups is 1. The molecule has 3 unspecified atom stereocenters. The third-order valence-corrected chi connectivity index (χ3v) is 5.90. The van der Waals surface area contributed by atoms with Crippen molar-refractivity contribution in [1.82, 2.24) is 25.3 Å². The highest BCUT2D eigenvalue weighted by atomic mass is 16.5. The number of imide groups is 1. The van der Waals surface area contributed by atoms with Gasteiger partial charge >= 0.3 is 6.03 Å². The van der Waals surface area contributed by atoms with Gasteiger partial charge in [0.25, 0.3) is 5.91 Å². The average molecular weight is 463 g/mol. The molecular formula is C22H34N6O5. The van der Waals surface area contributed by atoms with Crippen LogP contribution in [0.3, 0.4) is 0 Å². The van der Waals surface area contributed by atoms with Crippen LogP contribution < -0.4 is 20.1 Å². The molecule has 0 spiro atoms. The number of carbonyl (C=O) groups is 2. The van der Waals surface area contributed by atoms with E-state index in [9.17, 15) is 14.7 Å². The molecule has 0 aromatic heterocycles. The van der Waals surface area contributed by atoms with Crippen LogP contribution in [0.25, 0.3) is 0 Å². The molecule has 3 rings (SSSR count). The van der Waals surface area contributed by atoms with E-state index < -0.39 is 30.2 Å². The summed E-state index contributed by atoms with van der Waals surface area (Å²) in [6.45, 7) is 7.47. The SMILES string of the molecule is CCN(CC)CCN=C1NC2C(C(=O)NC(=O)N2C)N1CC(O)COc1ccc(OC)cc1. The maximum atomic E-state index is 12.7. The maximum Gasteiger partial charge on any atom is 0.325 e. The lowest BCUT2D eigenvalue weighted by Crippen LogP contribution is -2.65. The number of benzene rings is 1. The maximum absolute atomic E-state index is 12.7. The molecule has 33 heavy (non-hydrogen) atoms. The molecule has 2 heterocycles. The molecule has 2 aliphatic heterocycles. The van der Waals surface area contributed by atoms with Gasteiger partial charge in [-0.1, -0.05) is 13.8 Å². The summed E-state index contributed by atoms with van der Waals surface area (Å²) in [5, 5.41) is 16.2. The molecule has 3 N–H and O–H groups in total. The number of aliphatic hydroxyl groups excluding tert-OH is 1. The van der Waals surface area contributed by atoms with Gasteiger partial charge in [-0.05, 0) is 37.4 Å². The number of guanidine groups is 1. The topological polar surface area (TPSA) is 119 Å². The van der Waals surface area contributed by atoms with Crippen molar-refractivity contribution in [2.24, 2.45) is 4.99 Å². The van der Waals surface area contributed by atoms with E-state index in [1.807, 2.05) is 0 Å². The van der Waals surface area contributed by atoms with Gasteiger partial charge < -0.3 is 34.6 Å². The minimum atomic E-state index is -0.892.